The predicted octanol–water partition coefficient (Wildman–Crippen LogP) is 1.03. The molecule has 0 aromatic carbocycles. The minimum atomic E-state index is -1.22. The number of Topliss-reactive ketones (excluding diaryl/α,β-unsaturated/α-hetero) is 1. The van der Waals surface area contributed by atoms with Gasteiger partial charge in [0.1, 0.15) is 5.76 Å². The van der Waals surface area contributed by atoms with Gasteiger partial charge in [0.15, 0.2) is 5.78 Å². The summed E-state index contributed by atoms with van der Waals surface area (Å²) in [5.74, 6) is -1.35. The fraction of sp³-hybridized carbons (Fsp3) is 0.692. The van der Waals surface area contributed by atoms with Crippen molar-refractivity contribution < 1.29 is 23.8 Å². The minimum absolute atomic E-state index is 0.0304. The molecule has 4 bridgehead atoms. The lowest BCUT2D eigenvalue weighted by Crippen LogP contribution is -2.57. The van der Waals surface area contributed by atoms with Crippen molar-refractivity contribution in [2.24, 2.45) is 17.8 Å². The first kappa shape index (κ1) is 11.9. The lowest BCUT2D eigenvalue weighted by atomic mass is 9.62. The SMILES string of the molecule is CO[C@]12OC[C@@H]3C[C@H](C1=O)C(C)=C(OC(C)=O)[C@@H]32. The maximum atomic E-state index is 12.4. The molecule has 1 aliphatic heterocycles. The van der Waals surface area contributed by atoms with E-state index in [1.54, 1.807) is 0 Å². The first-order valence-electron chi connectivity index (χ1n) is 6.13. The molecule has 1 heterocycles. The minimum Gasteiger partial charge on any atom is -0.431 e. The van der Waals surface area contributed by atoms with Gasteiger partial charge in [-0.2, -0.15) is 0 Å². The van der Waals surface area contributed by atoms with E-state index in [2.05, 4.69) is 0 Å². The van der Waals surface area contributed by atoms with Crippen LogP contribution in [0, 0.1) is 17.8 Å². The quantitative estimate of drug-likeness (QED) is 0.687. The zero-order chi connectivity index (χ0) is 13.1. The van der Waals surface area contributed by atoms with E-state index >= 15 is 0 Å². The number of methoxy groups -OCH3 is 1. The summed E-state index contributed by atoms with van der Waals surface area (Å²) in [4.78, 5) is 23.6. The Morgan fingerprint density at radius 3 is 2.83 bits per heavy atom. The first-order chi connectivity index (χ1) is 8.51. The van der Waals surface area contributed by atoms with Crippen LogP contribution in [-0.4, -0.2) is 31.3 Å². The Bertz CT molecular complexity index is 466. The van der Waals surface area contributed by atoms with Gasteiger partial charge < -0.3 is 14.2 Å². The third-order valence-electron chi connectivity index (χ3n) is 4.34. The third kappa shape index (κ3) is 1.23. The van der Waals surface area contributed by atoms with E-state index in [0.29, 0.717) is 12.4 Å². The number of hydrogen-bond acceptors (Lipinski definition) is 5. The van der Waals surface area contributed by atoms with E-state index in [1.807, 2.05) is 6.92 Å². The molecule has 1 saturated carbocycles. The molecule has 0 N–H and O–H groups in total. The highest BCUT2D eigenvalue weighted by Gasteiger charge is 2.67. The normalized spacial score (nSPS) is 41.5. The Morgan fingerprint density at radius 1 is 1.50 bits per heavy atom. The lowest BCUT2D eigenvalue weighted by molar-refractivity contribution is -0.221. The second-order valence-corrected chi connectivity index (χ2v) is 5.21. The van der Waals surface area contributed by atoms with Crippen molar-refractivity contribution in [1.82, 2.24) is 0 Å². The second kappa shape index (κ2) is 3.65. The average Bonchev–Trinajstić information content (AvgIpc) is 2.64. The standard InChI is InChI=1S/C13H16O5/c1-6-9-4-8-5-17-13(16-3,12(9)15)10(8)11(6)18-7(2)14/h8-10H,4-5H2,1-3H3/t8-,9-,10+,13+/m0/s1. The largest absolute Gasteiger partial charge is 0.431 e. The Hall–Kier alpha value is -1.20. The number of hydrogen-bond donors (Lipinski definition) is 0. The fourth-order valence-electron chi connectivity index (χ4n) is 3.57. The van der Waals surface area contributed by atoms with Crippen LogP contribution >= 0.6 is 0 Å². The van der Waals surface area contributed by atoms with Crippen LogP contribution in [0.15, 0.2) is 11.3 Å². The molecule has 5 nitrogen and oxygen atoms in total. The van der Waals surface area contributed by atoms with Crippen molar-refractivity contribution in [3.05, 3.63) is 11.3 Å². The number of carbonyl (C=O) groups excluding carboxylic acids is 2. The van der Waals surface area contributed by atoms with E-state index in [0.717, 1.165) is 12.0 Å². The molecule has 0 spiro atoms. The van der Waals surface area contributed by atoms with Gasteiger partial charge in [-0.05, 0) is 24.8 Å². The first-order valence-corrected chi connectivity index (χ1v) is 6.13. The summed E-state index contributed by atoms with van der Waals surface area (Å²) in [6, 6.07) is 0. The molecule has 4 aliphatic rings. The van der Waals surface area contributed by atoms with Crippen LogP contribution in [0.4, 0.5) is 0 Å². The van der Waals surface area contributed by atoms with Crippen LogP contribution < -0.4 is 0 Å². The van der Waals surface area contributed by atoms with Crippen molar-refractivity contribution in [2.75, 3.05) is 13.7 Å². The van der Waals surface area contributed by atoms with Gasteiger partial charge in [0.05, 0.1) is 12.5 Å². The van der Waals surface area contributed by atoms with E-state index in [9.17, 15) is 9.59 Å². The van der Waals surface area contributed by atoms with Gasteiger partial charge in [0.2, 0.25) is 5.79 Å². The summed E-state index contributed by atoms with van der Waals surface area (Å²) in [5, 5.41) is 0. The fourth-order valence-corrected chi connectivity index (χ4v) is 3.57. The van der Waals surface area contributed by atoms with E-state index in [1.165, 1.54) is 14.0 Å². The van der Waals surface area contributed by atoms with Crippen molar-refractivity contribution >= 4 is 11.8 Å². The van der Waals surface area contributed by atoms with E-state index < -0.39 is 5.79 Å². The molecular formula is C13H16O5. The molecule has 1 saturated heterocycles. The summed E-state index contributed by atoms with van der Waals surface area (Å²) in [6.07, 6.45) is 0.769. The van der Waals surface area contributed by atoms with Gasteiger partial charge in [-0.15, -0.1) is 0 Å². The van der Waals surface area contributed by atoms with E-state index in [-0.39, 0.29) is 29.5 Å². The number of ketones is 1. The highest BCUT2D eigenvalue weighted by molar-refractivity contribution is 5.94. The summed E-state index contributed by atoms with van der Waals surface area (Å²) in [5.41, 5.74) is 0.856. The molecule has 0 aromatic rings. The zero-order valence-corrected chi connectivity index (χ0v) is 10.7. The molecule has 98 valence electrons. The maximum absolute atomic E-state index is 12.4. The molecule has 2 fully saturated rings. The molecule has 3 aliphatic carbocycles. The number of esters is 1. The number of allylic oxidation sites excluding steroid dienone is 1. The van der Waals surface area contributed by atoms with E-state index in [4.69, 9.17) is 14.2 Å². The van der Waals surface area contributed by atoms with Crippen molar-refractivity contribution in [2.45, 2.75) is 26.1 Å². The summed E-state index contributed by atoms with van der Waals surface area (Å²) in [6.45, 7) is 3.71. The van der Waals surface area contributed by atoms with Gasteiger partial charge >= 0.3 is 5.97 Å². The van der Waals surface area contributed by atoms with Crippen LogP contribution in [0.3, 0.4) is 0 Å². The molecule has 4 rings (SSSR count). The van der Waals surface area contributed by atoms with Crippen molar-refractivity contribution in [1.29, 1.82) is 0 Å². The Labute approximate surface area is 105 Å². The molecule has 0 amide bonds. The van der Waals surface area contributed by atoms with Crippen molar-refractivity contribution in [3.8, 4) is 0 Å². The monoisotopic (exact) mass is 252 g/mol. The van der Waals surface area contributed by atoms with Crippen LogP contribution in [0.1, 0.15) is 20.3 Å². The number of rotatable bonds is 2. The molecule has 18 heavy (non-hydrogen) atoms. The summed E-state index contributed by atoms with van der Waals surface area (Å²) >= 11 is 0. The molecule has 0 radical (unpaired) electrons. The Kier molecular flexibility index (Phi) is 2.40. The Morgan fingerprint density at radius 2 is 2.22 bits per heavy atom. The van der Waals surface area contributed by atoms with Gasteiger partial charge in [-0.3, -0.25) is 9.59 Å². The van der Waals surface area contributed by atoms with Gasteiger partial charge in [0.25, 0.3) is 0 Å². The topological polar surface area (TPSA) is 61.8 Å². The van der Waals surface area contributed by atoms with Crippen molar-refractivity contribution in [3.63, 3.8) is 0 Å². The molecule has 5 heteroatoms. The zero-order valence-electron chi connectivity index (χ0n) is 10.7. The molecule has 0 unspecified atom stereocenters. The highest BCUT2D eigenvalue weighted by Crippen LogP contribution is 2.57. The van der Waals surface area contributed by atoms with Crippen LogP contribution in [0.25, 0.3) is 0 Å². The summed E-state index contributed by atoms with van der Waals surface area (Å²) in [7, 11) is 1.47. The third-order valence-corrected chi connectivity index (χ3v) is 4.34. The molecule has 4 atom stereocenters. The van der Waals surface area contributed by atoms with Gasteiger partial charge in [-0.1, -0.05) is 0 Å². The second-order valence-electron chi connectivity index (χ2n) is 5.21. The molecule has 0 aromatic heterocycles. The smallest absolute Gasteiger partial charge is 0.307 e. The van der Waals surface area contributed by atoms with Gasteiger partial charge in [-0.25, -0.2) is 0 Å². The van der Waals surface area contributed by atoms with Crippen LogP contribution in [-0.2, 0) is 23.8 Å². The van der Waals surface area contributed by atoms with Crippen LogP contribution in [0.5, 0.6) is 0 Å². The van der Waals surface area contributed by atoms with Gasteiger partial charge in [0, 0.05) is 20.0 Å². The highest BCUT2D eigenvalue weighted by atomic mass is 16.7. The average molecular weight is 252 g/mol. The molecular weight excluding hydrogens is 236 g/mol. The maximum Gasteiger partial charge on any atom is 0.307 e. The predicted molar refractivity (Wildman–Crippen MR) is 60.3 cm³/mol. The number of carbonyl (C=O) groups is 2. The Balaban J connectivity index is 2.11. The number of ether oxygens (including phenoxy) is 3. The summed E-state index contributed by atoms with van der Waals surface area (Å²) < 4.78 is 16.3. The lowest BCUT2D eigenvalue weighted by Gasteiger charge is -2.45. The van der Waals surface area contributed by atoms with Crippen LogP contribution in [0.2, 0.25) is 0 Å².